The maximum Gasteiger partial charge on any atom is 0.279 e. The highest BCUT2D eigenvalue weighted by Gasteiger charge is 2.26. The minimum Gasteiger partial charge on any atom is -0.198 e. The average Bonchev–Trinajstić information content (AvgIpc) is 2.49. The van der Waals surface area contributed by atoms with Crippen LogP contribution in [-0.4, -0.2) is 31.9 Å². The maximum absolute atomic E-state index is 12.4. The summed E-state index contributed by atoms with van der Waals surface area (Å²) in [6.07, 6.45) is 6.10. The highest BCUT2D eigenvalue weighted by atomic mass is 32.2. The largest absolute Gasteiger partial charge is 0.279 e. The predicted molar refractivity (Wildman–Crippen MR) is 86.2 cm³/mol. The van der Waals surface area contributed by atoms with E-state index in [1.54, 1.807) is 10.4 Å². The van der Waals surface area contributed by atoms with Gasteiger partial charge >= 0.3 is 0 Å². The lowest BCUT2D eigenvalue weighted by Gasteiger charge is -2.28. The summed E-state index contributed by atoms with van der Waals surface area (Å²) in [4.78, 5) is 0. The molecule has 1 saturated heterocycles. The van der Waals surface area contributed by atoms with E-state index in [1.165, 1.54) is 0 Å². The Balaban J connectivity index is 2.02. The van der Waals surface area contributed by atoms with Gasteiger partial charge in [-0.1, -0.05) is 42.8 Å². The second-order valence-corrected chi connectivity index (χ2v) is 7.20. The Morgan fingerprint density at radius 2 is 1.86 bits per heavy atom. The average molecular weight is 308 g/mol. The summed E-state index contributed by atoms with van der Waals surface area (Å²) < 4.78 is 29.3. The van der Waals surface area contributed by atoms with Crippen molar-refractivity contribution in [2.75, 3.05) is 13.1 Å². The molecule has 1 aromatic rings. The topological polar surface area (TPSA) is 49.4 Å². The minimum absolute atomic E-state index is 0.142. The van der Waals surface area contributed by atoms with Crippen molar-refractivity contribution in [1.82, 2.24) is 9.03 Å². The molecule has 0 spiro atoms. The van der Waals surface area contributed by atoms with Crippen LogP contribution in [0.25, 0.3) is 0 Å². The normalized spacial score (nSPS) is 18.3. The molecule has 1 unspecified atom stereocenters. The summed E-state index contributed by atoms with van der Waals surface area (Å²) >= 11 is 0. The molecule has 1 fully saturated rings. The molecule has 1 N–H and O–H groups in total. The standard InChI is InChI=1S/C16H24N2O2S/c1-2-9-16(14-15-10-5-3-6-11-15)17-21(19,20)18-12-7-4-8-13-18/h2-3,5-6,10-11,16-17H,1,4,7-9,12-14H2. The van der Waals surface area contributed by atoms with Crippen LogP contribution in [0.2, 0.25) is 0 Å². The molecule has 0 saturated carbocycles. The third-order valence-electron chi connectivity index (χ3n) is 3.75. The van der Waals surface area contributed by atoms with E-state index in [1.807, 2.05) is 30.3 Å². The predicted octanol–water partition coefficient (Wildman–Crippen LogP) is 2.49. The first-order chi connectivity index (χ1) is 10.1. The molecular formula is C16H24N2O2S. The molecule has 0 aliphatic carbocycles. The van der Waals surface area contributed by atoms with Crippen LogP contribution in [0.3, 0.4) is 0 Å². The van der Waals surface area contributed by atoms with Gasteiger partial charge in [-0.3, -0.25) is 0 Å². The molecular weight excluding hydrogens is 284 g/mol. The van der Waals surface area contributed by atoms with Gasteiger partial charge in [0.2, 0.25) is 0 Å². The van der Waals surface area contributed by atoms with Crippen LogP contribution in [0, 0.1) is 0 Å². The van der Waals surface area contributed by atoms with Crippen molar-refractivity contribution in [2.45, 2.75) is 38.1 Å². The van der Waals surface area contributed by atoms with E-state index in [0.717, 1.165) is 24.8 Å². The van der Waals surface area contributed by atoms with E-state index in [4.69, 9.17) is 0 Å². The molecule has 4 nitrogen and oxygen atoms in total. The van der Waals surface area contributed by atoms with Crippen molar-refractivity contribution in [2.24, 2.45) is 0 Å². The third kappa shape index (κ3) is 4.95. The number of rotatable bonds is 7. The molecule has 116 valence electrons. The molecule has 2 rings (SSSR count). The van der Waals surface area contributed by atoms with Gasteiger partial charge in [-0.15, -0.1) is 6.58 Å². The highest BCUT2D eigenvalue weighted by molar-refractivity contribution is 7.87. The van der Waals surface area contributed by atoms with Gasteiger partial charge in [0.25, 0.3) is 10.2 Å². The number of benzene rings is 1. The Kier molecular flexibility index (Phi) is 5.96. The summed E-state index contributed by atoms with van der Waals surface area (Å²) in [5, 5.41) is 0. The second kappa shape index (κ2) is 7.73. The van der Waals surface area contributed by atoms with Gasteiger partial charge in [-0.2, -0.15) is 17.4 Å². The fourth-order valence-corrected chi connectivity index (χ4v) is 4.15. The van der Waals surface area contributed by atoms with Crippen LogP contribution >= 0.6 is 0 Å². The number of nitrogens with one attached hydrogen (secondary N) is 1. The molecule has 1 aliphatic heterocycles. The summed E-state index contributed by atoms with van der Waals surface area (Å²) in [6.45, 7) is 4.99. The number of hydrogen-bond donors (Lipinski definition) is 1. The number of piperidine rings is 1. The van der Waals surface area contributed by atoms with Crippen molar-refractivity contribution in [3.05, 3.63) is 48.6 Å². The molecule has 0 amide bonds. The quantitative estimate of drug-likeness (QED) is 0.787. The van der Waals surface area contributed by atoms with Gasteiger partial charge in [0.05, 0.1) is 0 Å². The summed E-state index contributed by atoms with van der Waals surface area (Å²) in [7, 11) is -3.39. The summed E-state index contributed by atoms with van der Waals surface area (Å²) in [5.41, 5.74) is 1.13. The zero-order valence-electron chi connectivity index (χ0n) is 12.4. The van der Waals surface area contributed by atoms with Gasteiger partial charge in [-0.05, 0) is 31.2 Å². The Hall–Kier alpha value is -1.17. The highest BCUT2D eigenvalue weighted by Crippen LogP contribution is 2.14. The van der Waals surface area contributed by atoms with Crippen molar-refractivity contribution in [3.8, 4) is 0 Å². The van der Waals surface area contributed by atoms with Gasteiger partial charge in [0, 0.05) is 19.1 Å². The Morgan fingerprint density at radius 1 is 1.19 bits per heavy atom. The lowest BCUT2D eigenvalue weighted by molar-refractivity contribution is 0.338. The number of nitrogens with zero attached hydrogens (tertiary/aromatic N) is 1. The molecule has 1 atom stereocenters. The van der Waals surface area contributed by atoms with Crippen LogP contribution in [0.15, 0.2) is 43.0 Å². The van der Waals surface area contributed by atoms with E-state index in [2.05, 4.69) is 11.3 Å². The Labute approximate surface area is 128 Å². The second-order valence-electron chi connectivity index (χ2n) is 5.49. The monoisotopic (exact) mass is 308 g/mol. The Morgan fingerprint density at radius 3 is 2.48 bits per heavy atom. The Bertz CT molecular complexity index is 537. The molecule has 21 heavy (non-hydrogen) atoms. The molecule has 1 heterocycles. The first-order valence-electron chi connectivity index (χ1n) is 7.54. The van der Waals surface area contributed by atoms with Crippen molar-refractivity contribution >= 4 is 10.2 Å². The fraction of sp³-hybridized carbons (Fsp3) is 0.500. The first kappa shape index (κ1) is 16.2. The van der Waals surface area contributed by atoms with E-state index in [-0.39, 0.29) is 6.04 Å². The van der Waals surface area contributed by atoms with Gasteiger partial charge in [0.1, 0.15) is 0 Å². The smallest absolute Gasteiger partial charge is 0.198 e. The molecule has 0 bridgehead atoms. The molecule has 0 radical (unpaired) electrons. The van der Waals surface area contributed by atoms with Crippen LogP contribution in [0.4, 0.5) is 0 Å². The third-order valence-corrected chi connectivity index (χ3v) is 5.42. The lowest BCUT2D eigenvalue weighted by Crippen LogP contribution is -2.47. The van der Waals surface area contributed by atoms with Crippen LogP contribution < -0.4 is 4.72 Å². The fourth-order valence-electron chi connectivity index (χ4n) is 2.66. The summed E-state index contributed by atoms with van der Waals surface area (Å²) in [5.74, 6) is 0. The zero-order valence-corrected chi connectivity index (χ0v) is 13.2. The molecule has 1 aliphatic rings. The SMILES string of the molecule is C=CCC(Cc1ccccc1)NS(=O)(=O)N1CCCCC1. The van der Waals surface area contributed by atoms with Crippen molar-refractivity contribution in [1.29, 1.82) is 0 Å². The van der Waals surface area contributed by atoms with E-state index in [0.29, 0.717) is 25.9 Å². The molecule has 0 aromatic heterocycles. The maximum atomic E-state index is 12.4. The first-order valence-corrected chi connectivity index (χ1v) is 8.98. The zero-order chi connectivity index (χ0) is 15.1. The van der Waals surface area contributed by atoms with Crippen LogP contribution in [-0.2, 0) is 16.6 Å². The molecule has 5 heteroatoms. The van der Waals surface area contributed by atoms with Gasteiger partial charge in [0.15, 0.2) is 0 Å². The van der Waals surface area contributed by atoms with Gasteiger partial charge in [-0.25, -0.2) is 0 Å². The summed E-state index contributed by atoms with van der Waals surface area (Å²) in [6, 6.07) is 9.80. The van der Waals surface area contributed by atoms with Crippen molar-refractivity contribution < 1.29 is 8.42 Å². The van der Waals surface area contributed by atoms with E-state index >= 15 is 0 Å². The van der Waals surface area contributed by atoms with Crippen LogP contribution in [0.5, 0.6) is 0 Å². The minimum atomic E-state index is -3.39. The van der Waals surface area contributed by atoms with Crippen molar-refractivity contribution in [3.63, 3.8) is 0 Å². The lowest BCUT2D eigenvalue weighted by atomic mass is 10.0. The van der Waals surface area contributed by atoms with Crippen LogP contribution in [0.1, 0.15) is 31.2 Å². The number of hydrogen-bond acceptors (Lipinski definition) is 2. The van der Waals surface area contributed by atoms with E-state index < -0.39 is 10.2 Å². The van der Waals surface area contributed by atoms with Gasteiger partial charge < -0.3 is 0 Å². The molecule has 1 aromatic carbocycles. The van der Waals surface area contributed by atoms with E-state index in [9.17, 15) is 8.42 Å².